The molecule has 4 nitrogen and oxygen atoms in total. The molecule has 0 amide bonds. The van der Waals surface area contributed by atoms with E-state index in [9.17, 15) is 4.79 Å². The minimum absolute atomic E-state index is 0. The lowest BCUT2D eigenvalue weighted by Gasteiger charge is -2.11. The molecule has 78 valence electrons. The van der Waals surface area contributed by atoms with Crippen LogP contribution in [-0.2, 0) is 0 Å². The summed E-state index contributed by atoms with van der Waals surface area (Å²) in [6, 6.07) is 6.38. The summed E-state index contributed by atoms with van der Waals surface area (Å²) >= 11 is 0. The standard InChI is InChI=1S/C9H11NO3.ClH/c1-6(10)13-8-5-3-2-4-7(8)9(11)12;/h2-6H,10H2,1H3,(H,11,12);1H. The first-order chi connectivity index (χ1) is 6.11. The lowest BCUT2D eigenvalue weighted by atomic mass is 10.2. The zero-order valence-electron chi connectivity index (χ0n) is 7.64. The summed E-state index contributed by atoms with van der Waals surface area (Å²) in [6.45, 7) is 1.64. The van der Waals surface area contributed by atoms with Crippen molar-refractivity contribution in [3.63, 3.8) is 0 Å². The smallest absolute Gasteiger partial charge is 0.339 e. The summed E-state index contributed by atoms with van der Waals surface area (Å²) in [5.41, 5.74) is 5.50. The van der Waals surface area contributed by atoms with E-state index < -0.39 is 12.2 Å². The van der Waals surface area contributed by atoms with Crippen LogP contribution < -0.4 is 10.5 Å². The van der Waals surface area contributed by atoms with Gasteiger partial charge in [0.2, 0.25) is 0 Å². The van der Waals surface area contributed by atoms with Gasteiger partial charge < -0.3 is 9.84 Å². The number of rotatable bonds is 3. The summed E-state index contributed by atoms with van der Waals surface area (Å²) in [5, 5.41) is 8.76. The number of nitrogens with two attached hydrogens (primary N) is 1. The summed E-state index contributed by atoms with van der Waals surface area (Å²) in [6.07, 6.45) is -0.513. The minimum atomic E-state index is -1.02. The third-order valence-corrected chi connectivity index (χ3v) is 1.43. The number of hydrogen-bond acceptors (Lipinski definition) is 3. The second-order valence-corrected chi connectivity index (χ2v) is 2.62. The average Bonchev–Trinajstić information content (AvgIpc) is 2.03. The van der Waals surface area contributed by atoms with E-state index in [1.807, 2.05) is 0 Å². The Morgan fingerprint density at radius 3 is 2.57 bits per heavy atom. The average molecular weight is 218 g/mol. The Labute approximate surface area is 88.1 Å². The number of carbonyl (C=O) groups is 1. The molecule has 0 aliphatic heterocycles. The molecule has 1 aromatic carbocycles. The molecule has 1 aromatic rings. The van der Waals surface area contributed by atoms with E-state index >= 15 is 0 Å². The molecule has 0 spiro atoms. The van der Waals surface area contributed by atoms with E-state index in [-0.39, 0.29) is 18.0 Å². The Morgan fingerprint density at radius 2 is 2.07 bits per heavy atom. The molecule has 0 radical (unpaired) electrons. The van der Waals surface area contributed by atoms with Crippen LogP contribution in [0.1, 0.15) is 17.3 Å². The molecule has 0 saturated carbocycles. The number of para-hydroxylation sites is 1. The molecule has 0 saturated heterocycles. The minimum Gasteiger partial charge on any atom is -0.478 e. The van der Waals surface area contributed by atoms with Crippen LogP contribution in [-0.4, -0.2) is 17.3 Å². The number of hydrogen-bond donors (Lipinski definition) is 2. The highest BCUT2D eigenvalue weighted by atomic mass is 35.5. The van der Waals surface area contributed by atoms with Crippen molar-refractivity contribution in [1.29, 1.82) is 0 Å². The molecule has 1 rings (SSSR count). The Hall–Kier alpha value is -1.26. The van der Waals surface area contributed by atoms with Crippen molar-refractivity contribution in [2.45, 2.75) is 13.2 Å². The Bertz CT molecular complexity index is 315. The van der Waals surface area contributed by atoms with Crippen LogP contribution in [0.15, 0.2) is 24.3 Å². The first-order valence-electron chi connectivity index (χ1n) is 3.86. The van der Waals surface area contributed by atoms with Crippen LogP contribution in [0.4, 0.5) is 0 Å². The highest BCUT2D eigenvalue weighted by Crippen LogP contribution is 2.18. The molecule has 0 bridgehead atoms. The quantitative estimate of drug-likeness (QED) is 0.753. The molecule has 5 heteroatoms. The number of benzene rings is 1. The summed E-state index contributed by atoms with van der Waals surface area (Å²) < 4.78 is 5.10. The van der Waals surface area contributed by atoms with Gasteiger partial charge in [0.1, 0.15) is 17.5 Å². The molecule has 1 unspecified atom stereocenters. The highest BCUT2D eigenvalue weighted by molar-refractivity contribution is 5.90. The molecule has 0 heterocycles. The Kier molecular flexibility index (Phi) is 4.97. The van der Waals surface area contributed by atoms with Gasteiger partial charge in [0.05, 0.1) is 0 Å². The number of ether oxygens (including phenoxy) is 1. The summed E-state index contributed by atoms with van der Waals surface area (Å²) in [7, 11) is 0. The van der Waals surface area contributed by atoms with Crippen LogP contribution in [0.2, 0.25) is 0 Å². The number of aromatic carboxylic acids is 1. The van der Waals surface area contributed by atoms with E-state index in [4.69, 9.17) is 15.6 Å². The molecule has 0 aliphatic rings. The van der Waals surface area contributed by atoms with Crippen LogP contribution in [0.3, 0.4) is 0 Å². The molecule has 14 heavy (non-hydrogen) atoms. The van der Waals surface area contributed by atoms with Gasteiger partial charge in [-0.2, -0.15) is 0 Å². The number of halogens is 1. The van der Waals surface area contributed by atoms with Crippen molar-refractivity contribution in [2.75, 3.05) is 0 Å². The normalized spacial score (nSPS) is 11.3. The van der Waals surface area contributed by atoms with Gasteiger partial charge in [0.25, 0.3) is 0 Å². The zero-order valence-corrected chi connectivity index (χ0v) is 8.45. The maximum atomic E-state index is 10.7. The second-order valence-electron chi connectivity index (χ2n) is 2.62. The molecule has 0 aliphatic carbocycles. The van der Waals surface area contributed by atoms with Gasteiger partial charge >= 0.3 is 5.97 Å². The van der Waals surface area contributed by atoms with Crippen molar-refractivity contribution in [3.8, 4) is 5.75 Å². The van der Waals surface area contributed by atoms with Gasteiger partial charge in [0.15, 0.2) is 0 Å². The molecule has 3 N–H and O–H groups in total. The van der Waals surface area contributed by atoms with Gasteiger partial charge in [-0.3, -0.25) is 5.73 Å². The molecule has 1 atom stereocenters. The lowest BCUT2D eigenvalue weighted by molar-refractivity contribution is 0.0690. The lowest BCUT2D eigenvalue weighted by Crippen LogP contribution is -2.23. The fourth-order valence-corrected chi connectivity index (χ4v) is 0.946. The molecule has 0 fully saturated rings. The predicted octanol–water partition coefficient (Wildman–Crippen LogP) is 1.49. The van der Waals surface area contributed by atoms with Crippen LogP contribution >= 0.6 is 12.4 Å². The van der Waals surface area contributed by atoms with Crippen LogP contribution in [0, 0.1) is 0 Å². The van der Waals surface area contributed by atoms with E-state index in [1.54, 1.807) is 25.1 Å². The van der Waals surface area contributed by atoms with E-state index in [0.717, 1.165) is 0 Å². The van der Waals surface area contributed by atoms with Gasteiger partial charge in [-0.1, -0.05) is 12.1 Å². The monoisotopic (exact) mass is 217 g/mol. The van der Waals surface area contributed by atoms with Crippen molar-refractivity contribution in [2.24, 2.45) is 5.73 Å². The first-order valence-corrected chi connectivity index (χ1v) is 3.86. The predicted molar refractivity (Wildman–Crippen MR) is 54.9 cm³/mol. The van der Waals surface area contributed by atoms with Crippen LogP contribution in [0.25, 0.3) is 0 Å². The number of carboxylic acid groups (broad SMARTS) is 1. The van der Waals surface area contributed by atoms with Crippen molar-refractivity contribution >= 4 is 18.4 Å². The largest absolute Gasteiger partial charge is 0.478 e. The zero-order chi connectivity index (χ0) is 9.84. The van der Waals surface area contributed by atoms with Crippen molar-refractivity contribution in [3.05, 3.63) is 29.8 Å². The second kappa shape index (κ2) is 5.47. The SMILES string of the molecule is CC(N)Oc1ccccc1C(=O)O.Cl. The number of carboxylic acids is 1. The molecule has 0 aromatic heterocycles. The first kappa shape index (κ1) is 12.7. The van der Waals surface area contributed by atoms with E-state index in [1.165, 1.54) is 6.07 Å². The topological polar surface area (TPSA) is 72.5 Å². The van der Waals surface area contributed by atoms with Gasteiger partial charge in [-0.05, 0) is 19.1 Å². The molecular formula is C9H12ClNO3. The highest BCUT2D eigenvalue weighted by Gasteiger charge is 2.10. The van der Waals surface area contributed by atoms with E-state index in [2.05, 4.69) is 0 Å². The Balaban J connectivity index is 0.00000169. The fraction of sp³-hybridized carbons (Fsp3) is 0.222. The van der Waals surface area contributed by atoms with Gasteiger partial charge in [0, 0.05) is 0 Å². The third kappa shape index (κ3) is 3.24. The maximum Gasteiger partial charge on any atom is 0.339 e. The van der Waals surface area contributed by atoms with Crippen molar-refractivity contribution < 1.29 is 14.6 Å². The fourth-order valence-electron chi connectivity index (χ4n) is 0.946. The van der Waals surface area contributed by atoms with Crippen LogP contribution in [0.5, 0.6) is 5.75 Å². The van der Waals surface area contributed by atoms with E-state index in [0.29, 0.717) is 5.75 Å². The maximum absolute atomic E-state index is 10.7. The van der Waals surface area contributed by atoms with Gasteiger partial charge in [-0.25, -0.2) is 4.79 Å². The third-order valence-electron chi connectivity index (χ3n) is 1.43. The summed E-state index contributed by atoms with van der Waals surface area (Å²) in [4.78, 5) is 10.7. The summed E-state index contributed by atoms with van der Waals surface area (Å²) in [5.74, 6) is -0.721. The Morgan fingerprint density at radius 1 is 1.50 bits per heavy atom. The molecular weight excluding hydrogens is 206 g/mol. The van der Waals surface area contributed by atoms with Crippen molar-refractivity contribution in [1.82, 2.24) is 0 Å². The van der Waals surface area contributed by atoms with Gasteiger partial charge in [-0.15, -0.1) is 12.4 Å².